The molecule has 1 aliphatic rings. The average molecular weight is 658 g/mol. The molecule has 0 spiro atoms. The average Bonchev–Trinajstić information content (AvgIpc) is 3.54. The monoisotopic (exact) mass is 658 g/mol. The van der Waals surface area contributed by atoms with E-state index in [4.69, 9.17) is 9.47 Å². The molecule has 47 heavy (non-hydrogen) atoms. The molecule has 1 heterocycles. The van der Waals surface area contributed by atoms with Crippen LogP contribution in [0.3, 0.4) is 0 Å². The highest BCUT2D eigenvalue weighted by molar-refractivity contribution is 4.93. The number of rotatable bonds is 35. The van der Waals surface area contributed by atoms with E-state index in [9.17, 15) is 5.11 Å². The van der Waals surface area contributed by atoms with Gasteiger partial charge in [0.2, 0.25) is 0 Å². The number of aliphatic hydroxyl groups is 1. The Hall–Kier alpha value is -1.20. The van der Waals surface area contributed by atoms with Gasteiger partial charge >= 0.3 is 0 Å². The van der Waals surface area contributed by atoms with E-state index in [2.05, 4.69) is 67.4 Å². The fraction of sp³-hybridized carbons (Fsp3) is 0.814. The Morgan fingerprint density at radius 1 is 0.553 bits per heavy atom. The molecule has 1 rings (SSSR count). The molecule has 0 aromatic carbocycles. The number of hydrogen-bond acceptors (Lipinski definition) is 4. The molecule has 0 saturated carbocycles. The first-order chi connectivity index (χ1) is 23.3. The van der Waals surface area contributed by atoms with Gasteiger partial charge < -0.3 is 14.6 Å². The molecule has 0 amide bonds. The molecule has 0 aromatic rings. The lowest BCUT2D eigenvalue weighted by molar-refractivity contribution is -0.156. The molecule has 1 atom stereocenters. The molecule has 0 aliphatic carbocycles. The van der Waals surface area contributed by atoms with Gasteiger partial charge in [-0.15, -0.1) is 0 Å². The SMILES string of the molecule is CCCCCC=CCC=CCCCCCCCCOC(CN1CCC[C@H]1CO)OCCCCCCCCC=CCC=CCCCCC. The van der Waals surface area contributed by atoms with Crippen LogP contribution in [0.25, 0.3) is 0 Å². The largest absolute Gasteiger partial charge is 0.395 e. The van der Waals surface area contributed by atoms with Crippen molar-refractivity contribution in [2.24, 2.45) is 0 Å². The van der Waals surface area contributed by atoms with Crippen LogP contribution in [0, 0.1) is 0 Å². The van der Waals surface area contributed by atoms with Crippen molar-refractivity contribution in [1.29, 1.82) is 0 Å². The minimum atomic E-state index is -0.168. The van der Waals surface area contributed by atoms with Crippen molar-refractivity contribution in [1.82, 2.24) is 4.90 Å². The van der Waals surface area contributed by atoms with Crippen molar-refractivity contribution in [3.63, 3.8) is 0 Å². The number of hydrogen-bond donors (Lipinski definition) is 1. The smallest absolute Gasteiger partial charge is 0.170 e. The van der Waals surface area contributed by atoms with Crippen molar-refractivity contribution in [3.05, 3.63) is 48.6 Å². The van der Waals surface area contributed by atoms with Crippen LogP contribution in [-0.2, 0) is 9.47 Å². The van der Waals surface area contributed by atoms with Gasteiger partial charge in [0.1, 0.15) is 0 Å². The number of nitrogens with zero attached hydrogens (tertiary/aromatic N) is 1. The molecule has 1 saturated heterocycles. The quantitative estimate of drug-likeness (QED) is 0.0418. The number of ether oxygens (including phenoxy) is 2. The summed E-state index contributed by atoms with van der Waals surface area (Å²) in [5.74, 6) is 0. The number of allylic oxidation sites excluding steroid dienone is 8. The Balaban J connectivity index is 2.07. The summed E-state index contributed by atoms with van der Waals surface area (Å²) in [6.45, 7) is 8.16. The lowest BCUT2D eigenvalue weighted by Gasteiger charge is -2.28. The van der Waals surface area contributed by atoms with Crippen molar-refractivity contribution in [3.8, 4) is 0 Å². The molecule has 0 radical (unpaired) electrons. The normalized spacial score (nSPS) is 16.7. The summed E-state index contributed by atoms with van der Waals surface area (Å²) in [6, 6.07) is 0.272. The maximum Gasteiger partial charge on any atom is 0.170 e. The van der Waals surface area contributed by atoms with Gasteiger partial charge in [-0.1, -0.05) is 140 Å². The fourth-order valence-corrected chi connectivity index (χ4v) is 6.30. The number of aliphatic hydroxyl groups excluding tert-OH is 1. The van der Waals surface area contributed by atoms with Gasteiger partial charge in [-0.3, -0.25) is 4.90 Å². The highest BCUT2D eigenvalue weighted by Gasteiger charge is 2.26. The van der Waals surface area contributed by atoms with Crippen molar-refractivity contribution in [2.45, 2.75) is 193 Å². The van der Waals surface area contributed by atoms with Gasteiger partial charge in [0.25, 0.3) is 0 Å². The third-order valence-electron chi connectivity index (χ3n) is 9.39. The minimum Gasteiger partial charge on any atom is -0.395 e. The van der Waals surface area contributed by atoms with Crippen LogP contribution in [0.2, 0.25) is 0 Å². The van der Waals surface area contributed by atoms with E-state index in [1.165, 1.54) is 128 Å². The van der Waals surface area contributed by atoms with E-state index >= 15 is 0 Å². The number of likely N-dealkylation sites (tertiary alicyclic amines) is 1. The third kappa shape index (κ3) is 29.4. The second-order valence-corrected chi connectivity index (χ2v) is 13.8. The fourth-order valence-electron chi connectivity index (χ4n) is 6.30. The first kappa shape index (κ1) is 43.8. The standard InChI is InChI=1S/C43H79NO3/c1-3-5-7-9-11-13-15-17-19-21-23-25-27-29-31-33-38-46-43(40-44-37-35-36-42(44)41-45)47-39-34-32-30-28-26-24-22-20-18-16-14-12-10-8-6-4-2/h11-14,17-20,42-43,45H,3-10,15-16,21-41H2,1-2H3/t42-,43?/m0/s1. The summed E-state index contributed by atoms with van der Waals surface area (Å²) < 4.78 is 12.5. The summed E-state index contributed by atoms with van der Waals surface area (Å²) in [4.78, 5) is 2.38. The summed E-state index contributed by atoms with van der Waals surface area (Å²) in [5, 5.41) is 9.78. The highest BCUT2D eigenvalue weighted by atomic mass is 16.7. The topological polar surface area (TPSA) is 41.9 Å². The predicted octanol–water partition coefficient (Wildman–Crippen LogP) is 12.4. The Kier molecular flexibility index (Phi) is 33.6. The van der Waals surface area contributed by atoms with Crippen molar-refractivity contribution >= 4 is 0 Å². The second kappa shape index (κ2) is 36.1. The summed E-state index contributed by atoms with van der Waals surface area (Å²) in [7, 11) is 0. The molecule has 4 heteroatoms. The van der Waals surface area contributed by atoms with E-state index in [1.54, 1.807) is 0 Å². The van der Waals surface area contributed by atoms with Gasteiger partial charge in [0, 0.05) is 25.8 Å². The van der Waals surface area contributed by atoms with Gasteiger partial charge in [0.05, 0.1) is 6.61 Å². The Labute approximate surface area is 293 Å². The Morgan fingerprint density at radius 3 is 1.38 bits per heavy atom. The molecule has 274 valence electrons. The van der Waals surface area contributed by atoms with E-state index in [1.807, 2.05) is 0 Å². The molecule has 0 bridgehead atoms. The molecule has 4 nitrogen and oxygen atoms in total. The van der Waals surface area contributed by atoms with E-state index < -0.39 is 0 Å². The van der Waals surface area contributed by atoms with Crippen LogP contribution in [0.4, 0.5) is 0 Å². The van der Waals surface area contributed by atoms with E-state index in [0.29, 0.717) is 0 Å². The van der Waals surface area contributed by atoms with Crippen LogP contribution in [0.15, 0.2) is 48.6 Å². The Morgan fingerprint density at radius 2 is 0.957 bits per heavy atom. The van der Waals surface area contributed by atoms with Crippen LogP contribution >= 0.6 is 0 Å². The molecular formula is C43H79NO3. The first-order valence-corrected chi connectivity index (χ1v) is 20.5. The van der Waals surface area contributed by atoms with Crippen LogP contribution in [0.1, 0.15) is 181 Å². The molecule has 1 N–H and O–H groups in total. The summed E-state index contributed by atoms with van der Waals surface area (Å²) in [5.41, 5.74) is 0. The van der Waals surface area contributed by atoms with Crippen molar-refractivity contribution < 1.29 is 14.6 Å². The zero-order valence-corrected chi connectivity index (χ0v) is 31.4. The maximum absolute atomic E-state index is 9.78. The maximum atomic E-state index is 9.78. The number of unbranched alkanes of at least 4 members (excludes halogenated alkanes) is 18. The van der Waals surface area contributed by atoms with Gasteiger partial charge in [-0.2, -0.15) is 0 Å². The minimum absolute atomic E-state index is 0.168. The molecule has 0 aromatic heterocycles. The zero-order chi connectivity index (χ0) is 33.7. The molecule has 0 unspecified atom stereocenters. The van der Waals surface area contributed by atoms with Crippen LogP contribution < -0.4 is 0 Å². The first-order valence-electron chi connectivity index (χ1n) is 20.5. The van der Waals surface area contributed by atoms with Crippen LogP contribution in [0.5, 0.6) is 0 Å². The lowest BCUT2D eigenvalue weighted by Crippen LogP contribution is -2.40. The van der Waals surface area contributed by atoms with Gasteiger partial charge in [-0.25, -0.2) is 0 Å². The third-order valence-corrected chi connectivity index (χ3v) is 9.39. The van der Waals surface area contributed by atoms with Crippen LogP contribution in [-0.4, -0.2) is 55.2 Å². The van der Waals surface area contributed by atoms with Gasteiger partial charge in [-0.05, 0) is 96.4 Å². The highest BCUT2D eigenvalue weighted by Crippen LogP contribution is 2.19. The summed E-state index contributed by atoms with van der Waals surface area (Å²) in [6.07, 6.45) is 51.0. The lowest BCUT2D eigenvalue weighted by atomic mass is 10.1. The van der Waals surface area contributed by atoms with Gasteiger partial charge in [0.15, 0.2) is 6.29 Å². The Bertz CT molecular complexity index is 695. The van der Waals surface area contributed by atoms with E-state index in [-0.39, 0.29) is 18.9 Å². The summed E-state index contributed by atoms with van der Waals surface area (Å²) >= 11 is 0. The van der Waals surface area contributed by atoms with E-state index in [0.717, 1.165) is 64.8 Å². The molecule has 1 aliphatic heterocycles. The second-order valence-electron chi connectivity index (χ2n) is 13.8. The zero-order valence-electron chi connectivity index (χ0n) is 31.4. The predicted molar refractivity (Wildman–Crippen MR) is 206 cm³/mol. The van der Waals surface area contributed by atoms with Crippen molar-refractivity contribution in [2.75, 3.05) is 32.9 Å². The molecule has 1 fully saturated rings. The molecular weight excluding hydrogens is 578 g/mol.